The van der Waals surface area contributed by atoms with Gasteiger partial charge in [0.25, 0.3) is 0 Å². The first kappa shape index (κ1) is 15.1. The van der Waals surface area contributed by atoms with Gasteiger partial charge in [-0.2, -0.15) is 17.0 Å². The van der Waals surface area contributed by atoms with Crippen LogP contribution in [0.3, 0.4) is 0 Å². The van der Waals surface area contributed by atoms with Gasteiger partial charge >= 0.3 is 0 Å². The Bertz CT molecular complexity index is 354. The first-order chi connectivity index (χ1) is 8.86. The fourth-order valence-corrected chi connectivity index (χ4v) is 2.27. The van der Waals surface area contributed by atoms with Crippen LogP contribution in [0, 0.1) is 11.3 Å². The molecule has 0 spiro atoms. The Balaban J connectivity index is 2.02. The summed E-state index contributed by atoms with van der Waals surface area (Å²) in [6.07, 6.45) is 7.43. The summed E-state index contributed by atoms with van der Waals surface area (Å²) < 4.78 is 0. The maximum Gasteiger partial charge on any atom is 0.0991 e. The molecule has 0 heterocycles. The molecule has 0 saturated heterocycles. The Morgan fingerprint density at radius 1 is 1.11 bits per heavy atom. The number of rotatable bonds is 9. The van der Waals surface area contributed by atoms with Crippen LogP contribution in [0.1, 0.15) is 36.8 Å². The minimum Gasteiger partial charge on any atom is -0.313 e. The van der Waals surface area contributed by atoms with Crippen molar-refractivity contribution in [2.24, 2.45) is 0 Å². The number of hydrogen-bond donors (Lipinski definition) is 1. The van der Waals surface area contributed by atoms with E-state index in [2.05, 4.69) is 17.6 Å². The van der Waals surface area contributed by atoms with E-state index in [1.165, 1.54) is 37.0 Å². The van der Waals surface area contributed by atoms with E-state index in [0.717, 1.165) is 18.7 Å². The Labute approximate surface area is 115 Å². The van der Waals surface area contributed by atoms with Crippen molar-refractivity contribution in [2.45, 2.75) is 32.2 Å². The Hall–Kier alpha value is -0.980. The van der Waals surface area contributed by atoms with Crippen LogP contribution in [0.4, 0.5) is 0 Å². The molecule has 0 aliphatic heterocycles. The van der Waals surface area contributed by atoms with Crippen molar-refractivity contribution in [2.75, 3.05) is 18.6 Å². The van der Waals surface area contributed by atoms with Gasteiger partial charge in [-0.1, -0.05) is 25.0 Å². The molecular formula is C15H22N2S. The number of hydrogen-bond acceptors (Lipinski definition) is 3. The molecule has 2 nitrogen and oxygen atoms in total. The third-order valence-electron chi connectivity index (χ3n) is 2.86. The molecule has 1 aromatic rings. The van der Waals surface area contributed by atoms with E-state index in [9.17, 15) is 0 Å². The van der Waals surface area contributed by atoms with Crippen molar-refractivity contribution in [3.63, 3.8) is 0 Å². The highest BCUT2D eigenvalue weighted by atomic mass is 32.2. The highest BCUT2D eigenvalue weighted by molar-refractivity contribution is 7.98. The summed E-state index contributed by atoms with van der Waals surface area (Å²) in [7, 11) is 0. The average molecular weight is 262 g/mol. The first-order valence-electron chi connectivity index (χ1n) is 6.55. The highest BCUT2D eigenvalue weighted by Gasteiger charge is 1.94. The molecule has 0 saturated carbocycles. The number of nitrogens with zero attached hydrogens (tertiary/aromatic N) is 1. The molecule has 98 valence electrons. The van der Waals surface area contributed by atoms with Gasteiger partial charge in [0.15, 0.2) is 0 Å². The lowest BCUT2D eigenvalue weighted by molar-refractivity contribution is 0.599. The molecule has 0 unspecified atom stereocenters. The van der Waals surface area contributed by atoms with Crippen molar-refractivity contribution in [1.82, 2.24) is 5.32 Å². The Morgan fingerprint density at radius 3 is 2.50 bits per heavy atom. The summed E-state index contributed by atoms with van der Waals surface area (Å²) in [5.41, 5.74) is 1.98. The lowest BCUT2D eigenvalue weighted by Crippen LogP contribution is -2.14. The zero-order valence-corrected chi connectivity index (χ0v) is 11.9. The van der Waals surface area contributed by atoms with Gasteiger partial charge in [0.1, 0.15) is 0 Å². The third kappa shape index (κ3) is 6.68. The lowest BCUT2D eigenvalue weighted by Gasteiger charge is -2.05. The molecular weight excluding hydrogens is 240 g/mol. The summed E-state index contributed by atoms with van der Waals surface area (Å²) >= 11 is 1.93. The van der Waals surface area contributed by atoms with E-state index in [4.69, 9.17) is 5.26 Å². The number of unbranched alkanes of at least 4 members (excludes halogenated alkanes) is 3. The van der Waals surface area contributed by atoms with E-state index in [1.54, 1.807) is 0 Å². The van der Waals surface area contributed by atoms with Crippen LogP contribution >= 0.6 is 11.8 Å². The SMILES string of the molecule is CSCCCCCCNCc1ccc(C#N)cc1. The molecule has 18 heavy (non-hydrogen) atoms. The third-order valence-corrected chi connectivity index (χ3v) is 3.56. The molecule has 1 rings (SSSR count). The Kier molecular flexibility index (Phi) is 8.37. The lowest BCUT2D eigenvalue weighted by atomic mass is 10.1. The topological polar surface area (TPSA) is 35.8 Å². The van der Waals surface area contributed by atoms with E-state index < -0.39 is 0 Å². The van der Waals surface area contributed by atoms with Gasteiger partial charge < -0.3 is 5.32 Å². The molecule has 0 atom stereocenters. The number of benzene rings is 1. The van der Waals surface area contributed by atoms with Gasteiger partial charge in [-0.3, -0.25) is 0 Å². The van der Waals surface area contributed by atoms with Gasteiger partial charge in [0.05, 0.1) is 11.6 Å². The van der Waals surface area contributed by atoms with Crippen LogP contribution in [-0.2, 0) is 6.54 Å². The maximum atomic E-state index is 8.70. The molecule has 1 N–H and O–H groups in total. The zero-order chi connectivity index (χ0) is 13.1. The monoisotopic (exact) mass is 262 g/mol. The van der Waals surface area contributed by atoms with Gasteiger partial charge in [-0.05, 0) is 49.1 Å². The quantitative estimate of drug-likeness (QED) is 0.691. The predicted molar refractivity (Wildman–Crippen MR) is 79.7 cm³/mol. The molecule has 1 aromatic carbocycles. The van der Waals surface area contributed by atoms with Gasteiger partial charge in [-0.25, -0.2) is 0 Å². The zero-order valence-electron chi connectivity index (χ0n) is 11.1. The van der Waals surface area contributed by atoms with Crippen molar-refractivity contribution < 1.29 is 0 Å². The number of nitriles is 1. The average Bonchev–Trinajstić information content (AvgIpc) is 2.42. The minimum absolute atomic E-state index is 0.729. The summed E-state index contributed by atoms with van der Waals surface area (Å²) in [5, 5.41) is 12.1. The molecule has 0 bridgehead atoms. The van der Waals surface area contributed by atoms with E-state index in [0.29, 0.717) is 0 Å². The summed E-state index contributed by atoms with van der Waals surface area (Å²) in [5.74, 6) is 1.29. The van der Waals surface area contributed by atoms with Crippen molar-refractivity contribution in [1.29, 1.82) is 5.26 Å². The van der Waals surface area contributed by atoms with Crippen LogP contribution in [0.15, 0.2) is 24.3 Å². The fourth-order valence-electron chi connectivity index (χ4n) is 1.78. The molecule has 0 aliphatic carbocycles. The smallest absolute Gasteiger partial charge is 0.0991 e. The van der Waals surface area contributed by atoms with Crippen LogP contribution in [0.25, 0.3) is 0 Å². The highest BCUT2D eigenvalue weighted by Crippen LogP contribution is 2.05. The van der Waals surface area contributed by atoms with Crippen LogP contribution < -0.4 is 5.32 Å². The molecule has 0 radical (unpaired) electrons. The molecule has 0 aliphatic rings. The van der Waals surface area contributed by atoms with E-state index in [1.807, 2.05) is 36.0 Å². The Morgan fingerprint density at radius 2 is 1.83 bits per heavy atom. The first-order valence-corrected chi connectivity index (χ1v) is 7.95. The number of nitrogens with one attached hydrogen (secondary N) is 1. The molecule has 0 fully saturated rings. The van der Waals surface area contributed by atoms with E-state index >= 15 is 0 Å². The van der Waals surface area contributed by atoms with Crippen molar-refractivity contribution in [3.8, 4) is 6.07 Å². The number of thioether (sulfide) groups is 1. The van der Waals surface area contributed by atoms with Crippen LogP contribution in [0.5, 0.6) is 0 Å². The minimum atomic E-state index is 0.729. The standard InChI is InChI=1S/C15H22N2S/c1-18-11-5-3-2-4-10-17-13-15-8-6-14(12-16)7-9-15/h6-9,17H,2-5,10-11,13H2,1H3. The second-order valence-electron chi connectivity index (χ2n) is 4.39. The van der Waals surface area contributed by atoms with Gasteiger partial charge in [0, 0.05) is 6.54 Å². The molecule has 0 amide bonds. The van der Waals surface area contributed by atoms with Crippen LogP contribution in [-0.4, -0.2) is 18.6 Å². The molecule has 3 heteroatoms. The van der Waals surface area contributed by atoms with Gasteiger partial charge in [0.2, 0.25) is 0 Å². The normalized spacial score (nSPS) is 10.2. The maximum absolute atomic E-state index is 8.70. The molecule has 0 aromatic heterocycles. The van der Waals surface area contributed by atoms with Crippen molar-refractivity contribution >= 4 is 11.8 Å². The predicted octanol–water partition coefficient (Wildman–Crippen LogP) is 3.57. The second-order valence-corrected chi connectivity index (χ2v) is 5.38. The van der Waals surface area contributed by atoms with Crippen LogP contribution in [0.2, 0.25) is 0 Å². The fraction of sp³-hybridized carbons (Fsp3) is 0.533. The largest absolute Gasteiger partial charge is 0.313 e. The summed E-state index contributed by atoms with van der Waals surface area (Å²) in [4.78, 5) is 0. The van der Waals surface area contributed by atoms with Gasteiger partial charge in [-0.15, -0.1) is 0 Å². The summed E-state index contributed by atoms with van der Waals surface area (Å²) in [6.45, 7) is 1.98. The summed E-state index contributed by atoms with van der Waals surface area (Å²) in [6, 6.07) is 9.92. The van der Waals surface area contributed by atoms with E-state index in [-0.39, 0.29) is 0 Å². The second kappa shape index (κ2) is 9.99. The van der Waals surface area contributed by atoms with Crippen molar-refractivity contribution in [3.05, 3.63) is 35.4 Å².